The van der Waals surface area contributed by atoms with E-state index in [0.29, 0.717) is 13.2 Å². The van der Waals surface area contributed by atoms with Crippen molar-refractivity contribution in [1.29, 1.82) is 0 Å². The summed E-state index contributed by atoms with van der Waals surface area (Å²) in [4.78, 5) is 2.04. The molecular formula is C7H14KNO2. The van der Waals surface area contributed by atoms with Gasteiger partial charge in [-0.05, 0) is 14.1 Å². The molecule has 1 fully saturated rings. The number of hydrogen-bond acceptors (Lipinski definition) is 3. The van der Waals surface area contributed by atoms with Crippen LogP contribution in [0.15, 0.2) is 0 Å². The van der Waals surface area contributed by atoms with Crippen molar-refractivity contribution in [3.8, 4) is 0 Å². The van der Waals surface area contributed by atoms with Gasteiger partial charge in [0.15, 0.2) is 0 Å². The van der Waals surface area contributed by atoms with Gasteiger partial charge in [-0.25, -0.2) is 0 Å². The average molecular weight is 183 g/mol. The first-order chi connectivity index (χ1) is 4.68. The van der Waals surface area contributed by atoms with E-state index in [1.54, 1.807) is 0 Å². The maximum Gasteiger partial charge on any atom is 1.00 e. The summed E-state index contributed by atoms with van der Waals surface area (Å²) in [7, 11) is 3.96. The smallest absolute Gasteiger partial charge is 0.854 e. The molecule has 1 saturated heterocycles. The first-order valence-electron chi connectivity index (χ1n) is 3.49. The van der Waals surface area contributed by atoms with Crippen LogP contribution in [0.3, 0.4) is 0 Å². The topological polar surface area (TPSA) is 35.5 Å². The zero-order valence-electron chi connectivity index (χ0n) is 7.59. The SMILES string of the molecule is CN(C)CC1(C[O-])COC1.[K+]. The van der Waals surface area contributed by atoms with Gasteiger partial charge in [0.05, 0.1) is 13.2 Å². The molecule has 1 rings (SSSR count). The van der Waals surface area contributed by atoms with Gasteiger partial charge < -0.3 is 14.7 Å². The fourth-order valence-corrected chi connectivity index (χ4v) is 1.28. The second-order valence-electron chi connectivity index (χ2n) is 3.37. The van der Waals surface area contributed by atoms with Gasteiger partial charge in [-0.3, -0.25) is 0 Å². The predicted octanol–water partition coefficient (Wildman–Crippen LogP) is -4.07. The van der Waals surface area contributed by atoms with Crippen LogP contribution in [0.5, 0.6) is 0 Å². The predicted molar refractivity (Wildman–Crippen MR) is 36.7 cm³/mol. The molecule has 0 amide bonds. The van der Waals surface area contributed by atoms with Gasteiger partial charge in [-0.2, -0.15) is 0 Å². The maximum absolute atomic E-state index is 10.7. The van der Waals surface area contributed by atoms with E-state index >= 15 is 0 Å². The van der Waals surface area contributed by atoms with Crippen molar-refractivity contribution in [3.63, 3.8) is 0 Å². The van der Waals surface area contributed by atoms with Gasteiger partial charge in [0.2, 0.25) is 0 Å². The molecule has 11 heavy (non-hydrogen) atoms. The molecule has 1 aliphatic heterocycles. The van der Waals surface area contributed by atoms with Crippen LogP contribution in [0.2, 0.25) is 0 Å². The molecule has 0 aromatic heterocycles. The van der Waals surface area contributed by atoms with Crippen molar-refractivity contribution in [2.45, 2.75) is 0 Å². The Hall–Kier alpha value is 1.52. The van der Waals surface area contributed by atoms with Crippen LogP contribution in [0, 0.1) is 5.41 Å². The van der Waals surface area contributed by atoms with E-state index < -0.39 is 0 Å². The molecule has 1 aliphatic rings. The molecule has 0 radical (unpaired) electrons. The number of hydrogen-bond donors (Lipinski definition) is 0. The molecule has 0 N–H and O–H groups in total. The molecule has 0 saturated carbocycles. The fourth-order valence-electron chi connectivity index (χ4n) is 1.28. The molecule has 4 heteroatoms. The zero-order valence-corrected chi connectivity index (χ0v) is 10.7. The Labute approximate surface area is 111 Å². The van der Waals surface area contributed by atoms with Crippen LogP contribution in [0.1, 0.15) is 0 Å². The molecule has 3 nitrogen and oxygen atoms in total. The Bertz CT molecular complexity index is 109. The van der Waals surface area contributed by atoms with Gasteiger partial charge in [-0.15, -0.1) is 6.61 Å². The zero-order chi connectivity index (χ0) is 7.61. The number of ether oxygens (including phenoxy) is 1. The third kappa shape index (κ3) is 3.40. The molecule has 0 spiro atoms. The molecule has 0 unspecified atom stereocenters. The Balaban J connectivity index is 0.000001000. The Kier molecular flexibility index (Phi) is 6.02. The summed E-state index contributed by atoms with van der Waals surface area (Å²) in [6.45, 7) is 2.14. The molecule has 0 bridgehead atoms. The van der Waals surface area contributed by atoms with Crippen molar-refractivity contribution < 1.29 is 61.2 Å². The largest absolute Gasteiger partial charge is 1.00 e. The third-order valence-electron chi connectivity index (χ3n) is 1.77. The number of rotatable bonds is 3. The molecular weight excluding hydrogens is 169 g/mol. The van der Waals surface area contributed by atoms with Crippen molar-refractivity contribution in [1.82, 2.24) is 4.90 Å². The van der Waals surface area contributed by atoms with E-state index in [9.17, 15) is 5.11 Å². The van der Waals surface area contributed by atoms with Crippen LogP contribution in [-0.4, -0.2) is 45.4 Å². The van der Waals surface area contributed by atoms with E-state index in [-0.39, 0.29) is 63.4 Å². The van der Waals surface area contributed by atoms with Crippen LogP contribution in [0.25, 0.3) is 0 Å². The summed E-state index contributed by atoms with van der Waals surface area (Å²) < 4.78 is 5.00. The third-order valence-corrected chi connectivity index (χ3v) is 1.77. The molecule has 0 aliphatic carbocycles. The van der Waals surface area contributed by atoms with Gasteiger partial charge in [0.25, 0.3) is 0 Å². The monoisotopic (exact) mass is 183 g/mol. The van der Waals surface area contributed by atoms with Crippen molar-refractivity contribution in [2.75, 3.05) is 40.5 Å². The second-order valence-corrected chi connectivity index (χ2v) is 3.37. The minimum absolute atomic E-state index is 0. The summed E-state index contributed by atoms with van der Waals surface area (Å²) in [5.74, 6) is 0. The van der Waals surface area contributed by atoms with E-state index in [1.807, 2.05) is 19.0 Å². The second kappa shape index (κ2) is 5.29. The van der Waals surface area contributed by atoms with Crippen LogP contribution in [0.4, 0.5) is 0 Å². The first kappa shape index (κ1) is 12.5. The van der Waals surface area contributed by atoms with Gasteiger partial charge in [0, 0.05) is 12.0 Å². The van der Waals surface area contributed by atoms with Crippen molar-refractivity contribution in [2.24, 2.45) is 5.41 Å². The fraction of sp³-hybridized carbons (Fsp3) is 1.00. The van der Waals surface area contributed by atoms with Crippen LogP contribution in [-0.2, 0) is 4.74 Å². The van der Waals surface area contributed by atoms with E-state index in [4.69, 9.17) is 4.74 Å². The Morgan fingerprint density at radius 1 is 1.45 bits per heavy atom. The summed E-state index contributed by atoms with van der Waals surface area (Å²) in [6.07, 6.45) is 0. The summed E-state index contributed by atoms with van der Waals surface area (Å²) in [6, 6.07) is 0. The van der Waals surface area contributed by atoms with Crippen LogP contribution >= 0.6 is 0 Å². The van der Waals surface area contributed by atoms with Crippen molar-refractivity contribution in [3.05, 3.63) is 0 Å². The standard InChI is InChI=1S/C7H14NO2.K/c1-8(2)3-7(4-9)5-10-6-7;/h3-6H2,1-2H3;/q-1;+1. The summed E-state index contributed by atoms with van der Waals surface area (Å²) >= 11 is 0. The molecule has 0 aromatic carbocycles. The Morgan fingerprint density at radius 3 is 2.09 bits per heavy atom. The average Bonchev–Trinajstić information content (AvgIpc) is 1.78. The first-order valence-corrected chi connectivity index (χ1v) is 3.49. The maximum atomic E-state index is 10.7. The quantitative estimate of drug-likeness (QED) is 0.418. The van der Waals surface area contributed by atoms with Gasteiger partial charge in [-0.1, -0.05) is 0 Å². The van der Waals surface area contributed by atoms with Gasteiger partial charge in [0.1, 0.15) is 0 Å². The molecule has 60 valence electrons. The van der Waals surface area contributed by atoms with Crippen LogP contribution < -0.4 is 56.5 Å². The van der Waals surface area contributed by atoms with Crippen molar-refractivity contribution >= 4 is 0 Å². The summed E-state index contributed by atoms with van der Waals surface area (Å²) in [5.41, 5.74) is -0.0660. The van der Waals surface area contributed by atoms with E-state index in [1.165, 1.54) is 0 Å². The Morgan fingerprint density at radius 2 is 2.00 bits per heavy atom. The van der Waals surface area contributed by atoms with Gasteiger partial charge >= 0.3 is 51.4 Å². The minimum atomic E-state index is -0.0660. The van der Waals surface area contributed by atoms with E-state index in [2.05, 4.69) is 0 Å². The summed E-state index contributed by atoms with van der Waals surface area (Å²) in [5, 5.41) is 10.7. The normalized spacial score (nSPS) is 20.7. The molecule has 1 heterocycles. The number of nitrogens with zero attached hydrogens (tertiary/aromatic N) is 1. The molecule has 0 atom stereocenters. The minimum Gasteiger partial charge on any atom is -0.854 e. The molecule has 0 aromatic rings. The van der Waals surface area contributed by atoms with E-state index in [0.717, 1.165) is 6.54 Å².